The summed E-state index contributed by atoms with van der Waals surface area (Å²) < 4.78 is 28.4. The number of aromatic nitrogens is 3. The Morgan fingerprint density at radius 3 is 2.69 bits per heavy atom. The van der Waals surface area contributed by atoms with Crippen molar-refractivity contribution in [1.29, 1.82) is 0 Å². The van der Waals surface area contributed by atoms with Gasteiger partial charge in [-0.1, -0.05) is 12.1 Å². The Bertz CT molecular complexity index is 1060. The Kier molecular flexibility index (Phi) is 5.24. The second-order valence-corrected chi connectivity index (χ2v) is 7.50. The molecule has 0 bridgehead atoms. The van der Waals surface area contributed by atoms with Crippen LogP contribution in [0.5, 0.6) is 0 Å². The van der Waals surface area contributed by atoms with E-state index >= 15 is 0 Å². The Labute approximate surface area is 151 Å². The molecule has 0 atom stereocenters. The fourth-order valence-corrected chi connectivity index (χ4v) is 3.55. The van der Waals surface area contributed by atoms with Crippen LogP contribution in [0, 0.1) is 6.92 Å². The average Bonchev–Trinajstić information content (AvgIpc) is 2.64. The first-order valence-electron chi connectivity index (χ1n) is 8.01. The smallest absolute Gasteiger partial charge is 0.266 e. The SMILES string of the molecule is Cc1cccc(S(=O)(=O)NCCn2nc(-c3cccnc3)ccc2=O)c1. The van der Waals surface area contributed by atoms with Gasteiger partial charge in [0.05, 0.1) is 17.1 Å². The molecule has 2 heterocycles. The van der Waals surface area contributed by atoms with Gasteiger partial charge in [-0.3, -0.25) is 9.78 Å². The summed E-state index contributed by atoms with van der Waals surface area (Å²) in [7, 11) is -3.63. The van der Waals surface area contributed by atoms with Gasteiger partial charge in [-0.15, -0.1) is 0 Å². The van der Waals surface area contributed by atoms with Crippen molar-refractivity contribution in [3.05, 3.63) is 76.8 Å². The normalized spacial score (nSPS) is 11.4. The molecule has 0 fully saturated rings. The topological polar surface area (TPSA) is 93.9 Å². The third-order valence-electron chi connectivity index (χ3n) is 3.74. The molecular formula is C18H18N4O3S. The zero-order chi connectivity index (χ0) is 18.6. The molecule has 7 nitrogen and oxygen atoms in total. The van der Waals surface area contributed by atoms with E-state index in [-0.39, 0.29) is 23.5 Å². The summed E-state index contributed by atoms with van der Waals surface area (Å²) >= 11 is 0. The standard InChI is InChI=1S/C18H18N4O3S/c1-14-4-2-6-16(12-14)26(24,25)20-10-11-22-18(23)8-7-17(21-22)15-5-3-9-19-13-15/h2-9,12-13,20H,10-11H2,1H3. The maximum absolute atomic E-state index is 12.3. The fraction of sp³-hybridized carbons (Fsp3) is 0.167. The van der Waals surface area contributed by atoms with Crippen LogP contribution >= 0.6 is 0 Å². The van der Waals surface area contributed by atoms with Crippen molar-refractivity contribution in [2.45, 2.75) is 18.4 Å². The first-order chi connectivity index (χ1) is 12.5. The van der Waals surface area contributed by atoms with Crippen molar-refractivity contribution in [1.82, 2.24) is 19.5 Å². The molecule has 0 saturated heterocycles. The van der Waals surface area contributed by atoms with E-state index in [0.717, 1.165) is 11.1 Å². The van der Waals surface area contributed by atoms with Crippen LogP contribution in [0.4, 0.5) is 0 Å². The first kappa shape index (κ1) is 18.0. The summed E-state index contributed by atoms with van der Waals surface area (Å²) in [6, 6.07) is 13.3. The van der Waals surface area contributed by atoms with E-state index in [1.807, 2.05) is 19.1 Å². The van der Waals surface area contributed by atoms with Gasteiger partial charge in [0.1, 0.15) is 0 Å². The van der Waals surface area contributed by atoms with Crippen LogP contribution in [-0.4, -0.2) is 29.7 Å². The van der Waals surface area contributed by atoms with Crippen molar-refractivity contribution in [3.63, 3.8) is 0 Å². The molecule has 0 unspecified atom stereocenters. The van der Waals surface area contributed by atoms with Gasteiger partial charge in [-0.25, -0.2) is 17.8 Å². The minimum atomic E-state index is -3.63. The lowest BCUT2D eigenvalue weighted by molar-refractivity contribution is 0.548. The van der Waals surface area contributed by atoms with Crippen molar-refractivity contribution in [2.75, 3.05) is 6.54 Å². The van der Waals surface area contributed by atoms with Crippen LogP contribution in [-0.2, 0) is 16.6 Å². The second-order valence-electron chi connectivity index (χ2n) is 5.74. The van der Waals surface area contributed by atoms with Gasteiger partial charge in [-0.05, 0) is 42.8 Å². The molecule has 0 radical (unpaired) electrons. The highest BCUT2D eigenvalue weighted by Gasteiger charge is 2.13. The van der Waals surface area contributed by atoms with Crippen molar-refractivity contribution in [2.24, 2.45) is 0 Å². The lowest BCUT2D eigenvalue weighted by atomic mass is 10.2. The van der Waals surface area contributed by atoms with Gasteiger partial charge in [0.2, 0.25) is 10.0 Å². The van der Waals surface area contributed by atoms with Crippen molar-refractivity contribution in [3.8, 4) is 11.3 Å². The van der Waals surface area contributed by atoms with Gasteiger partial charge in [0, 0.05) is 30.6 Å². The van der Waals surface area contributed by atoms with Crippen LogP contribution < -0.4 is 10.3 Å². The number of nitrogens with one attached hydrogen (secondary N) is 1. The molecular weight excluding hydrogens is 352 g/mol. The summed E-state index contributed by atoms with van der Waals surface area (Å²) in [5.74, 6) is 0. The van der Waals surface area contributed by atoms with E-state index in [4.69, 9.17) is 0 Å². The van der Waals surface area contributed by atoms with Gasteiger partial charge in [0.15, 0.2) is 0 Å². The molecule has 0 aliphatic heterocycles. The van der Waals surface area contributed by atoms with E-state index < -0.39 is 10.0 Å². The summed E-state index contributed by atoms with van der Waals surface area (Å²) in [5.41, 5.74) is 1.93. The molecule has 0 saturated carbocycles. The minimum absolute atomic E-state index is 0.0552. The predicted octanol–water partition coefficient (Wildman–Crippen LogP) is 1.59. The zero-order valence-corrected chi connectivity index (χ0v) is 15.0. The summed E-state index contributed by atoms with van der Waals surface area (Å²) in [4.78, 5) is 16.2. The lowest BCUT2D eigenvalue weighted by Crippen LogP contribution is -2.32. The minimum Gasteiger partial charge on any atom is -0.268 e. The summed E-state index contributed by atoms with van der Waals surface area (Å²) in [5, 5.41) is 4.28. The summed E-state index contributed by atoms with van der Waals surface area (Å²) in [6.45, 7) is 2.00. The van der Waals surface area contributed by atoms with Crippen LogP contribution in [0.25, 0.3) is 11.3 Å². The number of sulfonamides is 1. The zero-order valence-electron chi connectivity index (χ0n) is 14.2. The quantitative estimate of drug-likeness (QED) is 0.711. The Morgan fingerprint density at radius 1 is 1.12 bits per heavy atom. The van der Waals surface area contributed by atoms with Gasteiger partial charge in [0.25, 0.3) is 5.56 Å². The molecule has 1 N–H and O–H groups in total. The molecule has 3 aromatic rings. The molecule has 26 heavy (non-hydrogen) atoms. The molecule has 0 aliphatic rings. The summed E-state index contributed by atoms with van der Waals surface area (Å²) in [6.07, 6.45) is 3.30. The van der Waals surface area contributed by atoms with Gasteiger partial charge < -0.3 is 0 Å². The maximum atomic E-state index is 12.3. The molecule has 0 aliphatic carbocycles. The maximum Gasteiger partial charge on any atom is 0.266 e. The molecule has 1 aromatic carbocycles. The number of hydrogen-bond acceptors (Lipinski definition) is 5. The fourth-order valence-electron chi connectivity index (χ4n) is 2.43. The highest BCUT2D eigenvalue weighted by atomic mass is 32.2. The van der Waals surface area contributed by atoms with E-state index in [2.05, 4.69) is 14.8 Å². The average molecular weight is 370 g/mol. The molecule has 0 amide bonds. The molecule has 2 aromatic heterocycles. The third-order valence-corrected chi connectivity index (χ3v) is 5.20. The Hall–Kier alpha value is -2.84. The number of aryl methyl sites for hydroxylation is 1. The van der Waals surface area contributed by atoms with Crippen LogP contribution in [0.15, 0.2) is 70.6 Å². The molecule has 3 rings (SSSR count). The van der Waals surface area contributed by atoms with Crippen molar-refractivity contribution >= 4 is 10.0 Å². The number of rotatable bonds is 6. The number of nitrogens with zero attached hydrogens (tertiary/aromatic N) is 3. The van der Waals surface area contributed by atoms with Gasteiger partial charge in [-0.2, -0.15) is 5.10 Å². The first-order valence-corrected chi connectivity index (χ1v) is 9.49. The number of benzene rings is 1. The van der Waals surface area contributed by atoms with E-state index in [1.165, 1.54) is 16.8 Å². The van der Waals surface area contributed by atoms with Crippen LogP contribution in [0.2, 0.25) is 0 Å². The van der Waals surface area contributed by atoms with Crippen LogP contribution in [0.1, 0.15) is 5.56 Å². The molecule has 0 spiro atoms. The Morgan fingerprint density at radius 2 is 1.96 bits per heavy atom. The highest BCUT2D eigenvalue weighted by molar-refractivity contribution is 7.89. The predicted molar refractivity (Wildman–Crippen MR) is 98.1 cm³/mol. The second kappa shape index (κ2) is 7.59. The van der Waals surface area contributed by atoms with E-state index in [9.17, 15) is 13.2 Å². The Balaban J connectivity index is 1.73. The molecule has 8 heteroatoms. The van der Waals surface area contributed by atoms with Gasteiger partial charge >= 0.3 is 0 Å². The third kappa shape index (κ3) is 4.22. The monoisotopic (exact) mass is 370 g/mol. The highest BCUT2D eigenvalue weighted by Crippen LogP contribution is 2.13. The number of pyridine rings is 1. The van der Waals surface area contributed by atoms with Crippen molar-refractivity contribution < 1.29 is 8.42 Å². The largest absolute Gasteiger partial charge is 0.268 e. The van der Waals surface area contributed by atoms with E-state index in [0.29, 0.717) is 5.69 Å². The molecule has 134 valence electrons. The number of hydrogen-bond donors (Lipinski definition) is 1. The van der Waals surface area contributed by atoms with Crippen LogP contribution in [0.3, 0.4) is 0 Å². The van der Waals surface area contributed by atoms with E-state index in [1.54, 1.807) is 36.7 Å². The lowest BCUT2D eigenvalue weighted by Gasteiger charge is -2.09.